The molecule has 0 aromatic heterocycles. The van der Waals surface area contributed by atoms with Gasteiger partial charge in [-0.25, -0.2) is 0 Å². The summed E-state index contributed by atoms with van der Waals surface area (Å²) in [6.07, 6.45) is 0. The number of phenolic OH excluding ortho intramolecular Hbond substituents is 4. The fourth-order valence-corrected chi connectivity index (χ4v) is 9.17. The van der Waals surface area contributed by atoms with Crippen LogP contribution in [0, 0.1) is 65.2 Å². The number of methoxy groups -OCH3 is 2. The average Bonchev–Trinajstić information content (AvgIpc) is 3.27. The number of nitrogens with one attached hydrogen (secondary N) is 8. The van der Waals surface area contributed by atoms with Crippen LogP contribution in [0.2, 0.25) is 0 Å². The molecule has 0 radical (unpaired) electrons. The molecule has 2 aliphatic rings. The van der Waals surface area contributed by atoms with Crippen molar-refractivity contribution in [2.75, 3.05) is 66.6 Å². The molecule has 0 aliphatic carbocycles. The average molecular weight is 1290 g/mol. The Morgan fingerprint density at radius 2 is 0.449 bits per heavy atom. The summed E-state index contributed by atoms with van der Waals surface area (Å²) in [6, 6.07) is 15.8. The van der Waals surface area contributed by atoms with E-state index < -0.39 is 0 Å². The molecular weight excluding hydrogens is 1190 g/mol. The van der Waals surface area contributed by atoms with Gasteiger partial charge in [-0.2, -0.15) is 0 Å². The second-order valence-corrected chi connectivity index (χ2v) is 22.9. The monoisotopic (exact) mass is 1280 g/mol. The van der Waals surface area contributed by atoms with E-state index in [0.717, 1.165) is 119 Å². The van der Waals surface area contributed by atoms with E-state index in [1.807, 2.05) is 24.3 Å². The molecule has 0 spiro atoms. The molecule has 12 N–H and O–H groups in total. The van der Waals surface area contributed by atoms with Crippen molar-refractivity contribution in [2.24, 2.45) is 21.7 Å². The number of hydrogen-bond acceptors (Lipinski definition) is 14. The summed E-state index contributed by atoms with van der Waals surface area (Å²) in [7, 11) is 3.30. The third-order valence-corrected chi connectivity index (χ3v) is 13.1. The van der Waals surface area contributed by atoms with Gasteiger partial charge in [-0.1, -0.05) is 90.8 Å². The summed E-state index contributed by atoms with van der Waals surface area (Å²) in [5.41, 5.74) is 9.27. The molecule has 78 heavy (non-hydrogen) atoms. The van der Waals surface area contributed by atoms with Crippen molar-refractivity contribution in [3.05, 3.63) is 134 Å². The van der Waals surface area contributed by atoms with Crippen LogP contribution in [0.4, 0.5) is 0 Å². The molecule has 428 valence electrons. The van der Waals surface area contributed by atoms with Gasteiger partial charge in [0.2, 0.25) is 0 Å². The minimum absolute atomic E-state index is 0. The maximum absolute atomic E-state index is 10.9. The van der Waals surface area contributed by atoms with Crippen LogP contribution in [-0.4, -0.2) is 87.0 Å². The van der Waals surface area contributed by atoms with Crippen molar-refractivity contribution in [3.8, 4) is 34.5 Å². The molecule has 4 aromatic carbocycles. The number of aryl methyl sites for hydroxylation is 2. The smallest absolute Gasteiger partial charge is 0.124 e. The van der Waals surface area contributed by atoms with Crippen LogP contribution in [0.15, 0.2) is 48.5 Å². The van der Waals surface area contributed by atoms with Gasteiger partial charge in [0.25, 0.3) is 0 Å². The van der Waals surface area contributed by atoms with E-state index in [2.05, 4.69) is 136 Å². The molecule has 2 heterocycles. The maximum Gasteiger partial charge on any atom is 0.124 e. The van der Waals surface area contributed by atoms with Crippen molar-refractivity contribution >= 4 is 0 Å². The zero-order valence-electron chi connectivity index (χ0n) is 51.4. The number of fused-ring (bicyclic) bond motifs is 8. The summed E-state index contributed by atoms with van der Waals surface area (Å²) < 4.78 is 11.0. The Bertz CT molecular complexity index is 2060. The Kier molecular flexibility index (Phi) is 40.0. The first-order valence-electron chi connectivity index (χ1n) is 25.1. The second kappa shape index (κ2) is 37.9. The third kappa shape index (κ3) is 26.4. The van der Waals surface area contributed by atoms with Crippen molar-refractivity contribution < 1.29 is 108 Å². The zero-order chi connectivity index (χ0) is 51.3. The quantitative estimate of drug-likeness (QED) is 0.0672. The van der Waals surface area contributed by atoms with E-state index in [1.165, 1.54) is 0 Å². The van der Waals surface area contributed by atoms with Gasteiger partial charge < -0.3 is 102 Å². The SMILES string of the molecule is COc1cc2c(O)c(c1)CNCC(C)(C)CNCc1cc(OC)cc(c1O)CNCC(C)(C)CNC2.Cc1cc2c(O)c(c1)CNCC(C)(C)CNCc1cc(C)cc(c1O)CNCC(C)(C)CNC2.[CH3-].[CH3-].[CH3-].[CH3-].[Zn].[Zn].[Zn].[Zn]. The van der Waals surface area contributed by atoms with Crippen LogP contribution in [0.3, 0.4) is 0 Å². The molecule has 2 aliphatic heterocycles. The van der Waals surface area contributed by atoms with Crippen LogP contribution in [0.5, 0.6) is 34.5 Å². The third-order valence-electron chi connectivity index (χ3n) is 13.1. The van der Waals surface area contributed by atoms with Crippen molar-refractivity contribution in [3.63, 3.8) is 0 Å². The Hall–Kier alpha value is -2.15. The molecule has 0 amide bonds. The molecule has 0 fully saturated rings. The molecule has 0 saturated heterocycles. The fraction of sp³-hybridized carbons (Fsp3) is 0.533. The van der Waals surface area contributed by atoms with Gasteiger partial charge in [-0.3, -0.25) is 0 Å². The normalized spacial score (nSPS) is 17.6. The Balaban J connectivity index is -0.000000637. The molecule has 14 nitrogen and oxygen atoms in total. The van der Waals surface area contributed by atoms with E-state index in [4.69, 9.17) is 9.47 Å². The van der Waals surface area contributed by atoms with E-state index in [0.29, 0.717) is 75.4 Å². The molecule has 0 unspecified atom stereocenters. The van der Waals surface area contributed by atoms with Gasteiger partial charge in [-0.15, -0.1) is 0 Å². The van der Waals surface area contributed by atoms with Crippen LogP contribution >= 0.6 is 0 Å². The zero-order valence-corrected chi connectivity index (χ0v) is 63.2. The number of phenols is 4. The van der Waals surface area contributed by atoms with E-state index in [1.54, 1.807) is 14.2 Å². The molecule has 18 heteroatoms. The number of benzene rings is 4. The number of hydrogen-bond donors (Lipinski definition) is 12. The van der Waals surface area contributed by atoms with Gasteiger partial charge in [-0.05, 0) is 59.8 Å². The minimum atomic E-state index is -0.0514. The molecule has 6 rings (SSSR count). The molecule has 4 aromatic rings. The van der Waals surface area contributed by atoms with Crippen molar-refractivity contribution in [1.29, 1.82) is 0 Å². The summed E-state index contributed by atoms with van der Waals surface area (Å²) in [5.74, 6) is 2.86. The van der Waals surface area contributed by atoms with Gasteiger partial charge in [0.1, 0.15) is 34.5 Å². The maximum atomic E-state index is 10.9. The number of aromatic hydroxyl groups is 4. The molecule has 8 bridgehead atoms. The van der Waals surface area contributed by atoms with Gasteiger partial charge in [0, 0.05) is 227 Å². The van der Waals surface area contributed by atoms with Crippen molar-refractivity contribution in [2.45, 2.75) is 122 Å². The first kappa shape index (κ1) is 82.3. The van der Waals surface area contributed by atoms with Crippen LogP contribution in [-0.2, 0) is 130 Å². The first-order chi connectivity index (χ1) is 33.0. The predicted octanol–water partition coefficient (Wildman–Crippen LogP) is 8.87. The molecule has 0 saturated carbocycles. The number of ether oxygens (including phenoxy) is 2. The van der Waals surface area contributed by atoms with Crippen molar-refractivity contribution in [1.82, 2.24) is 42.5 Å². The predicted molar refractivity (Wildman–Crippen MR) is 309 cm³/mol. The summed E-state index contributed by atoms with van der Waals surface area (Å²) in [6.45, 7) is 32.7. The fourth-order valence-electron chi connectivity index (χ4n) is 9.17. The van der Waals surface area contributed by atoms with E-state index in [9.17, 15) is 20.4 Å². The van der Waals surface area contributed by atoms with Gasteiger partial charge >= 0.3 is 0 Å². The number of rotatable bonds is 2. The van der Waals surface area contributed by atoms with Gasteiger partial charge in [0.15, 0.2) is 0 Å². The molecule has 0 atom stereocenters. The summed E-state index contributed by atoms with van der Waals surface area (Å²) in [4.78, 5) is 0. The Morgan fingerprint density at radius 1 is 0.308 bits per heavy atom. The summed E-state index contributed by atoms with van der Waals surface area (Å²) in [5, 5.41) is 71.8. The van der Waals surface area contributed by atoms with Crippen LogP contribution < -0.4 is 52.0 Å². The van der Waals surface area contributed by atoms with Crippen LogP contribution in [0.25, 0.3) is 0 Å². The van der Waals surface area contributed by atoms with Crippen LogP contribution in [0.1, 0.15) is 111 Å². The Labute approximate surface area is 524 Å². The minimum Gasteiger partial charge on any atom is -0.507 e. The molecular formula is C60H100N8O6Zn4-4. The van der Waals surface area contributed by atoms with E-state index >= 15 is 0 Å². The summed E-state index contributed by atoms with van der Waals surface area (Å²) >= 11 is 0. The van der Waals surface area contributed by atoms with Gasteiger partial charge in [0.05, 0.1) is 14.2 Å². The second-order valence-electron chi connectivity index (χ2n) is 22.9. The standard InChI is InChI=1S/C28H44N4O4.C28H44N4O2.4CH3.4Zn/c1-27(2)15-29-11-19-7-23(35-5)9-21(25(19)33)13-31-17-28(3,4)18-32-14-22-10-24(36-6)8-20(26(22)34)12-30-16-27;1-19-7-21-11-29-15-27(3,4)17-31-13-23-9-20(2)10-24(26(23)34)14-32-18-28(5,6)16-30-12-22(8-19)25(21)33;;;;;;;;/h7-10,29-34H,11-18H2,1-6H3;7-10,29-34H,11-18H2,1-6H3;4*1H3;;;;/q;;4*-1;;;;. The topological polar surface area (TPSA) is 196 Å². The first-order valence-corrected chi connectivity index (χ1v) is 25.1. The largest absolute Gasteiger partial charge is 0.507 e. The Morgan fingerprint density at radius 3 is 0.590 bits per heavy atom. The van der Waals surface area contributed by atoms with E-state index in [-0.39, 0.29) is 129 Å².